The van der Waals surface area contributed by atoms with Gasteiger partial charge in [0.05, 0.1) is 11.8 Å². The SMILES string of the molecule is COC1CCN(c2nc3c(s2)CCCC3C(=O)O)CC1. The van der Waals surface area contributed by atoms with Crippen molar-refractivity contribution in [2.24, 2.45) is 0 Å². The molecule has 3 rings (SSSR count). The molecule has 1 aromatic rings. The van der Waals surface area contributed by atoms with Crippen LogP contribution < -0.4 is 4.90 Å². The molecule has 6 heteroatoms. The lowest BCUT2D eigenvalue weighted by molar-refractivity contribution is -0.139. The standard InChI is InChI=1S/C14H20N2O3S/c1-19-9-5-7-16(8-6-9)14-15-12-10(13(17)18)3-2-4-11(12)20-14/h9-10H,2-8H2,1H3,(H,17,18). The molecule has 1 aromatic heterocycles. The van der Waals surface area contributed by atoms with Crippen LogP contribution in [0.2, 0.25) is 0 Å². The van der Waals surface area contributed by atoms with E-state index in [-0.39, 0.29) is 0 Å². The number of ether oxygens (including phenoxy) is 1. The molecule has 0 radical (unpaired) electrons. The van der Waals surface area contributed by atoms with E-state index in [1.807, 2.05) is 0 Å². The Balaban J connectivity index is 1.78. The lowest BCUT2D eigenvalue weighted by Gasteiger charge is -2.30. The summed E-state index contributed by atoms with van der Waals surface area (Å²) in [6.45, 7) is 1.89. The van der Waals surface area contributed by atoms with Crippen LogP contribution in [0.25, 0.3) is 0 Å². The van der Waals surface area contributed by atoms with E-state index in [0.29, 0.717) is 6.10 Å². The Morgan fingerprint density at radius 3 is 2.80 bits per heavy atom. The summed E-state index contributed by atoms with van der Waals surface area (Å²) in [5.41, 5.74) is 0.817. The molecule has 0 aromatic carbocycles. The van der Waals surface area contributed by atoms with Crippen LogP contribution in [0, 0.1) is 0 Å². The highest BCUT2D eigenvalue weighted by Crippen LogP contribution is 2.38. The lowest BCUT2D eigenvalue weighted by atomic mass is 9.91. The maximum absolute atomic E-state index is 11.3. The molecule has 0 saturated carbocycles. The molecule has 1 atom stereocenters. The first-order valence-electron chi connectivity index (χ1n) is 7.19. The molecule has 1 saturated heterocycles. The van der Waals surface area contributed by atoms with Gasteiger partial charge in [0, 0.05) is 25.1 Å². The fraction of sp³-hybridized carbons (Fsp3) is 0.714. The van der Waals surface area contributed by atoms with E-state index in [1.165, 1.54) is 4.88 Å². The van der Waals surface area contributed by atoms with E-state index >= 15 is 0 Å². The van der Waals surface area contributed by atoms with Gasteiger partial charge in [-0.05, 0) is 32.1 Å². The number of methoxy groups -OCH3 is 1. The minimum Gasteiger partial charge on any atom is -0.481 e. The summed E-state index contributed by atoms with van der Waals surface area (Å²) < 4.78 is 5.38. The zero-order chi connectivity index (χ0) is 14.1. The lowest BCUT2D eigenvalue weighted by Crippen LogP contribution is -2.36. The molecule has 5 nitrogen and oxygen atoms in total. The third-order valence-corrected chi connectivity index (χ3v) is 5.48. The summed E-state index contributed by atoms with van der Waals surface area (Å²) in [6.07, 6.45) is 5.04. The largest absolute Gasteiger partial charge is 0.481 e. The molecule has 1 aliphatic carbocycles. The summed E-state index contributed by atoms with van der Waals surface area (Å²) in [5, 5.41) is 10.3. The maximum atomic E-state index is 11.3. The Kier molecular flexibility index (Phi) is 3.94. The summed E-state index contributed by atoms with van der Waals surface area (Å²) in [7, 11) is 1.76. The number of hydrogen-bond acceptors (Lipinski definition) is 5. The van der Waals surface area contributed by atoms with Crippen molar-refractivity contribution in [1.82, 2.24) is 4.98 Å². The van der Waals surface area contributed by atoms with Gasteiger partial charge >= 0.3 is 5.97 Å². The Morgan fingerprint density at radius 1 is 1.40 bits per heavy atom. The zero-order valence-electron chi connectivity index (χ0n) is 11.7. The summed E-state index contributed by atoms with van der Waals surface area (Å²) >= 11 is 1.68. The number of piperidine rings is 1. The van der Waals surface area contributed by atoms with Crippen LogP contribution in [0.1, 0.15) is 42.2 Å². The average molecular weight is 296 g/mol. The van der Waals surface area contributed by atoms with Crippen LogP contribution >= 0.6 is 11.3 Å². The number of aliphatic carboxylic acids is 1. The number of aromatic nitrogens is 1. The van der Waals surface area contributed by atoms with Crippen molar-refractivity contribution in [3.63, 3.8) is 0 Å². The van der Waals surface area contributed by atoms with E-state index < -0.39 is 11.9 Å². The second-order valence-electron chi connectivity index (χ2n) is 5.51. The van der Waals surface area contributed by atoms with Crippen LogP contribution in [0.15, 0.2) is 0 Å². The van der Waals surface area contributed by atoms with Crippen molar-refractivity contribution < 1.29 is 14.6 Å². The van der Waals surface area contributed by atoms with Crippen molar-refractivity contribution in [3.05, 3.63) is 10.6 Å². The number of nitrogens with zero attached hydrogens (tertiary/aromatic N) is 2. The van der Waals surface area contributed by atoms with Gasteiger partial charge in [0.15, 0.2) is 5.13 Å². The number of carbonyl (C=O) groups is 1. The number of aryl methyl sites for hydroxylation is 1. The number of carboxylic acids is 1. The van der Waals surface area contributed by atoms with Crippen LogP contribution in [0.5, 0.6) is 0 Å². The minimum atomic E-state index is -0.735. The smallest absolute Gasteiger partial charge is 0.312 e. The van der Waals surface area contributed by atoms with Crippen LogP contribution in [0.4, 0.5) is 5.13 Å². The normalized spacial score (nSPS) is 23.6. The highest BCUT2D eigenvalue weighted by molar-refractivity contribution is 7.15. The first-order chi connectivity index (χ1) is 9.69. The molecule has 1 aliphatic heterocycles. The molecule has 1 unspecified atom stereocenters. The summed E-state index contributed by atoms with van der Waals surface area (Å²) in [6, 6.07) is 0. The van der Waals surface area contributed by atoms with Gasteiger partial charge in [-0.25, -0.2) is 4.98 Å². The predicted molar refractivity (Wildman–Crippen MR) is 77.7 cm³/mol. The molecular formula is C14H20N2O3S. The van der Waals surface area contributed by atoms with Crippen LogP contribution in [0.3, 0.4) is 0 Å². The van der Waals surface area contributed by atoms with Crippen molar-refractivity contribution >= 4 is 22.4 Å². The molecule has 1 fully saturated rings. The molecule has 2 aliphatic rings. The molecule has 110 valence electrons. The van der Waals surface area contributed by atoms with Gasteiger partial charge in [-0.1, -0.05) is 0 Å². The van der Waals surface area contributed by atoms with Crippen LogP contribution in [-0.2, 0) is 16.0 Å². The first kappa shape index (κ1) is 13.8. The van der Waals surface area contributed by atoms with Gasteiger partial charge in [-0.2, -0.15) is 0 Å². The Labute approximate surface area is 122 Å². The van der Waals surface area contributed by atoms with Gasteiger partial charge in [-0.3, -0.25) is 4.79 Å². The molecule has 1 N–H and O–H groups in total. The summed E-state index contributed by atoms with van der Waals surface area (Å²) in [4.78, 5) is 19.4. The number of hydrogen-bond donors (Lipinski definition) is 1. The van der Waals surface area contributed by atoms with E-state index in [0.717, 1.165) is 56.0 Å². The molecular weight excluding hydrogens is 276 g/mol. The second-order valence-corrected chi connectivity index (χ2v) is 6.57. The quantitative estimate of drug-likeness (QED) is 0.927. The van der Waals surface area contributed by atoms with Gasteiger partial charge < -0.3 is 14.7 Å². The fourth-order valence-electron chi connectivity index (χ4n) is 3.06. The number of rotatable bonds is 3. The van der Waals surface area contributed by atoms with E-state index in [4.69, 9.17) is 4.74 Å². The average Bonchev–Trinajstić information content (AvgIpc) is 2.90. The molecule has 0 spiro atoms. The van der Waals surface area contributed by atoms with Crippen molar-refractivity contribution in [1.29, 1.82) is 0 Å². The van der Waals surface area contributed by atoms with Gasteiger partial charge in [0.1, 0.15) is 5.92 Å². The van der Waals surface area contributed by atoms with Gasteiger partial charge in [-0.15, -0.1) is 11.3 Å². The monoisotopic (exact) mass is 296 g/mol. The molecule has 2 heterocycles. The third kappa shape index (κ3) is 2.54. The maximum Gasteiger partial charge on any atom is 0.312 e. The number of carboxylic acid groups (broad SMARTS) is 1. The highest BCUT2D eigenvalue weighted by Gasteiger charge is 2.31. The number of fused-ring (bicyclic) bond motifs is 1. The molecule has 0 bridgehead atoms. The Morgan fingerprint density at radius 2 is 2.15 bits per heavy atom. The minimum absolute atomic E-state index is 0.354. The molecule has 20 heavy (non-hydrogen) atoms. The third-order valence-electron chi connectivity index (χ3n) is 4.29. The van der Waals surface area contributed by atoms with Crippen LogP contribution in [-0.4, -0.2) is 42.4 Å². The highest BCUT2D eigenvalue weighted by atomic mass is 32.1. The van der Waals surface area contributed by atoms with Crippen molar-refractivity contribution in [2.75, 3.05) is 25.1 Å². The zero-order valence-corrected chi connectivity index (χ0v) is 12.5. The van der Waals surface area contributed by atoms with E-state index in [9.17, 15) is 9.90 Å². The molecule has 0 amide bonds. The van der Waals surface area contributed by atoms with E-state index in [1.54, 1.807) is 18.4 Å². The fourth-order valence-corrected chi connectivity index (χ4v) is 4.28. The topological polar surface area (TPSA) is 62.7 Å². The van der Waals surface area contributed by atoms with E-state index in [2.05, 4.69) is 9.88 Å². The number of anilines is 1. The Bertz CT molecular complexity index is 495. The summed E-state index contributed by atoms with van der Waals surface area (Å²) in [5.74, 6) is -1.14. The van der Waals surface area contributed by atoms with Gasteiger partial charge in [0.2, 0.25) is 0 Å². The first-order valence-corrected chi connectivity index (χ1v) is 8.01. The second kappa shape index (κ2) is 5.69. The predicted octanol–water partition coefficient (Wildman–Crippen LogP) is 2.26. The van der Waals surface area contributed by atoms with Crippen molar-refractivity contribution in [2.45, 2.75) is 44.1 Å². The number of thiazole rings is 1. The van der Waals surface area contributed by atoms with Crippen molar-refractivity contribution in [3.8, 4) is 0 Å². The van der Waals surface area contributed by atoms with Gasteiger partial charge in [0.25, 0.3) is 0 Å². The Hall–Kier alpha value is -1.14.